The monoisotopic (exact) mass is 402 g/mol. The lowest BCUT2D eigenvalue weighted by Crippen LogP contribution is -2.21. The molecular formula is C19H19ClN4O4. The molecule has 2 N–H and O–H groups in total. The van der Waals surface area contributed by atoms with E-state index in [9.17, 15) is 19.7 Å². The lowest BCUT2D eigenvalue weighted by molar-refractivity contribution is -0.384. The Morgan fingerprint density at radius 3 is 2.57 bits per heavy atom. The minimum Gasteiger partial charge on any atom is -0.326 e. The van der Waals surface area contributed by atoms with E-state index in [1.807, 2.05) is 32.0 Å². The summed E-state index contributed by atoms with van der Waals surface area (Å²) < 4.78 is 0. The van der Waals surface area contributed by atoms with Gasteiger partial charge in [0.25, 0.3) is 5.69 Å². The average molecular weight is 403 g/mol. The molecule has 2 aromatic carbocycles. The van der Waals surface area contributed by atoms with Crippen molar-refractivity contribution in [3.63, 3.8) is 0 Å². The number of amides is 2. The van der Waals surface area contributed by atoms with Gasteiger partial charge in [0.05, 0.1) is 11.1 Å². The Kier molecular flexibility index (Phi) is 7.22. The molecule has 0 fully saturated rings. The molecule has 0 saturated heterocycles. The quantitative estimate of drug-likeness (QED) is 0.417. The highest BCUT2D eigenvalue weighted by molar-refractivity contribution is 6.33. The van der Waals surface area contributed by atoms with Crippen LogP contribution >= 0.6 is 11.6 Å². The van der Waals surface area contributed by atoms with E-state index < -0.39 is 10.8 Å². The van der Waals surface area contributed by atoms with Crippen LogP contribution in [0.3, 0.4) is 0 Å². The SMILES string of the molecule is Cc1ccc(C)c(NC(=O)CCC(=O)N/N=C/c2cc([N+](=O)[O-])ccc2Cl)c1. The number of carbonyl (C=O) groups is 2. The third-order valence-electron chi connectivity index (χ3n) is 3.83. The van der Waals surface area contributed by atoms with E-state index in [-0.39, 0.29) is 29.5 Å². The number of hydrogen-bond donors (Lipinski definition) is 2. The molecule has 2 rings (SSSR count). The molecule has 2 amide bonds. The summed E-state index contributed by atoms with van der Waals surface area (Å²) in [5, 5.41) is 17.5. The number of non-ortho nitro benzene ring substituents is 1. The number of nitrogens with zero attached hydrogens (tertiary/aromatic N) is 2. The zero-order valence-electron chi connectivity index (χ0n) is 15.4. The third kappa shape index (κ3) is 6.17. The van der Waals surface area contributed by atoms with Crippen molar-refractivity contribution in [1.82, 2.24) is 5.43 Å². The average Bonchev–Trinajstić information content (AvgIpc) is 2.64. The fourth-order valence-electron chi connectivity index (χ4n) is 2.28. The lowest BCUT2D eigenvalue weighted by Gasteiger charge is -2.09. The highest BCUT2D eigenvalue weighted by atomic mass is 35.5. The van der Waals surface area contributed by atoms with Gasteiger partial charge in [0, 0.05) is 41.2 Å². The van der Waals surface area contributed by atoms with Crippen LogP contribution in [0.4, 0.5) is 11.4 Å². The Bertz CT molecular complexity index is 944. The molecule has 0 bridgehead atoms. The summed E-state index contributed by atoms with van der Waals surface area (Å²) in [6.07, 6.45) is 1.15. The number of rotatable bonds is 7. The van der Waals surface area contributed by atoms with Crippen LogP contribution in [0.2, 0.25) is 5.02 Å². The number of carbonyl (C=O) groups excluding carboxylic acids is 2. The van der Waals surface area contributed by atoms with Crippen molar-refractivity contribution in [3.05, 3.63) is 68.2 Å². The van der Waals surface area contributed by atoms with Crippen LogP contribution in [0.1, 0.15) is 29.5 Å². The predicted octanol–water partition coefficient (Wildman–Crippen LogP) is 3.73. The number of benzene rings is 2. The molecule has 0 aromatic heterocycles. The Morgan fingerprint density at radius 1 is 1.14 bits per heavy atom. The van der Waals surface area contributed by atoms with Crippen LogP contribution in [0.15, 0.2) is 41.5 Å². The molecule has 0 radical (unpaired) electrons. The molecule has 0 aliphatic rings. The van der Waals surface area contributed by atoms with Crippen LogP contribution in [0.5, 0.6) is 0 Å². The van der Waals surface area contributed by atoms with Crippen LogP contribution in [0.25, 0.3) is 0 Å². The van der Waals surface area contributed by atoms with Crippen molar-refractivity contribution in [2.45, 2.75) is 26.7 Å². The lowest BCUT2D eigenvalue weighted by atomic mass is 10.1. The highest BCUT2D eigenvalue weighted by Crippen LogP contribution is 2.20. The van der Waals surface area contributed by atoms with Crippen molar-refractivity contribution in [2.75, 3.05) is 5.32 Å². The van der Waals surface area contributed by atoms with Gasteiger partial charge < -0.3 is 5.32 Å². The maximum atomic E-state index is 12.0. The minimum atomic E-state index is -0.555. The first kappa shape index (κ1) is 21.0. The fourth-order valence-corrected chi connectivity index (χ4v) is 2.45. The molecule has 9 heteroatoms. The van der Waals surface area contributed by atoms with Gasteiger partial charge in [-0.05, 0) is 37.1 Å². The van der Waals surface area contributed by atoms with E-state index in [1.54, 1.807) is 0 Å². The number of nitrogens with one attached hydrogen (secondary N) is 2. The number of hydrazone groups is 1. The summed E-state index contributed by atoms with van der Waals surface area (Å²) in [7, 11) is 0. The molecule has 146 valence electrons. The molecule has 0 heterocycles. The minimum absolute atomic E-state index is 0.00764. The molecule has 0 aliphatic heterocycles. The third-order valence-corrected chi connectivity index (χ3v) is 4.17. The molecule has 2 aromatic rings. The summed E-state index contributed by atoms with van der Waals surface area (Å²) in [4.78, 5) is 34.1. The molecule has 0 aliphatic carbocycles. The van der Waals surface area contributed by atoms with Crippen LogP contribution in [0, 0.1) is 24.0 Å². The number of aryl methyl sites for hydroxylation is 2. The van der Waals surface area contributed by atoms with Gasteiger partial charge in [-0.1, -0.05) is 23.7 Å². The summed E-state index contributed by atoms with van der Waals surface area (Å²) in [6, 6.07) is 9.61. The second-order valence-corrected chi connectivity index (χ2v) is 6.53. The van der Waals surface area contributed by atoms with Gasteiger partial charge in [-0.2, -0.15) is 5.10 Å². The van der Waals surface area contributed by atoms with Crippen LogP contribution in [-0.4, -0.2) is 23.0 Å². The summed E-state index contributed by atoms with van der Waals surface area (Å²) >= 11 is 5.94. The zero-order valence-corrected chi connectivity index (χ0v) is 16.1. The Labute approximate surface area is 166 Å². The van der Waals surface area contributed by atoms with Crippen LogP contribution < -0.4 is 10.7 Å². The van der Waals surface area contributed by atoms with Crippen LogP contribution in [-0.2, 0) is 9.59 Å². The second kappa shape index (κ2) is 9.61. The van der Waals surface area contributed by atoms with Crippen molar-refractivity contribution in [3.8, 4) is 0 Å². The van der Waals surface area contributed by atoms with Crippen molar-refractivity contribution >= 4 is 41.0 Å². The maximum Gasteiger partial charge on any atom is 0.270 e. The number of halogens is 1. The van der Waals surface area contributed by atoms with Gasteiger partial charge in [-0.3, -0.25) is 19.7 Å². The molecule has 8 nitrogen and oxygen atoms in total. The van der Waals surface area contributed by atoms with Gasteiger partial charge in [-0.25, -0.2) is 5.43 Å². The summed E-state index contributed by atoms with van der Waals surface area (Å²) in [5.74, 6) is -0.747. The van der Waals surface area contributed by atoms with Crippen molar-refractivity contribution in [2.24, 2.45) is 5.10 Å². The highest BCUT2D eigenvalue weighted by Gasteiger charge is 2.10. The Morgan fingerprint density at radius 2 is 1.86 bits per heavy atom. The van der Waals surface area contributed by atoms with E-state index in [2.05, 4.69) is 15.8 Å². The molecule has 0 spiro atoms. The topological polar surface area (TPSA) is 114 Å². The Hall–Kier alpha value is -3.26. The van der Waals surface area contributed by atoms with Gasteiger partial charge in [0.2, 0.25) is 11.8 Å². The molecular weight excluding hydrogens is 384 g/mol. The van der Waals surface area contributed by atoms with E-state index >= 15 is 0 Å². The van der Waals surface area contributed by atoms with Gasteiger partial charge >= 0.3 is 0 Å². The van der Waals surface area contributed by atoms with E-state index in [0.717, 1.165) is 11.1 Å². The number of anilines is 1. The molecule has 0 atom stereocenters. The second-order valence-electron chi connectivity index (χ2n) is 6.12. The first-order valence-corrected chi connectivity index (χ1v) is 8.77. The first-order valence-electron chi connectivity index (χ1n) is 8.39. The van der Waals surface area contributed by atoms with Crippen molar-refractivity contribution < 1.29 is 14.5 Å². The van der Waals surface area contributed by atoms with E-state index in [1.165, 1.54) is 24.4 Å². The van der Waals surface area contributed by atoms with E-state index in [4.69, 9.17) is 11.6 Å². The largest absolute Gasteiger partial charge is 0.326 e. The Balaban J connectivity index is 1.85. The van der Waals surface area contributed by atoms with Crippen molar-refractivity contribution in [1.29, 1.82) is 0 Å². The summed E-state index contributed by atoms with van der Waals surface area (Å²) in [5.41, 5.74) is 5.09. The molecule has 0 saturated carbocycles. The normalized spacial score (nSPS) is 10.7. The fraction of sp³-hybridized carbons (Fsp3) is 0.211. The number of nitro benzene ring substituents is 1. The maximum absolute atomic E-state index is 12.0. The summed E-state index contributed by atoms with van der Waals surface area (Å²) in [6.45, 7) is 3.81. The standard InChI is InChI=1S/C19H19ClN4O4/c1-12-3-4-13(2)17(9-12)22-18(25)7-8-19(26)23-21-11-14-10-15(24(27)28)5-6-16(14)20/h3-6,9-11H,7-8H2,1-2H3,(H,22,25)(H,23,26)/b21-11+. The molecule has 28 heavy (non-hydrogen) atoms. The van der Waals surface area contributed by atoms with Gasteiger partial charge in [0.1, 0.15) is 0 Å². The zero-order chi connectivity index (χ0) is 20.7. The van der Waals surface area contributed by atoms with Gasteiger partial charge in [-0.15, -0.1) is 0 Å². The smallest absolute Gasteiger partial charge is 0.270 e. The molecule has 0 unspecified atom stereocenters. The van der Waals surface area contributed by atoms with Gasteiger partial charge in [0.15, 0.2) is 0 Å². The number of hydrogen-bond acceptors (Lipinski definition) is 5. The van der Waals surface area contributed by atoms with E-state index in [0.29, 0.717) is 11.3 Å². The predicted molar refractivity (Wildman–Crippen MR) is 108 cm³/mol. The first-order chi connectivity index (χ1) is 13.3. The number of nitro groups is 1.